The first-order valence-electron chi connectivity index (χ1n) is 8.74. The van der Waals surface area contributed by atoms with Gasteiger partial charge in [0.25, 0.3) is 5.91 Å². The lowest BCUT2D eigenvalue weighted by molar-refractivity contribution is 0.0950. The second kappa shape index (κ2) is 9.95. The SMILES string of the molecule is CN(C)CCNC1=CC(=O)c2sc(C(=O)NCCCCNC(=O)O)nc2C1=O. The Bertz CT molecular complexity index is 802. The van der Waals surface area contributed by atoms with Crippen LogP contribution in [0.4, 0.5) is 4.79 Å². The maximum atomic E-state index is 12.5. The third-order valence-electron chi connectivity index (χ3n) is 3.82. The molecule has 0 radical (unpaired) electrons. The molecule has 28 heavy (non-hydrogen) atoms. The summed E-state index contributed by atoms with van der Waals surface area (Å²) in [4.78, 5) is 53.5. The third kappa shape index (κ3) is 5.86. The number of thiazole rings is 1. The van der Waals surface area contributed by atoms with Crippen molar-refractivity contribution in [1.29, 1.82) is 0 Å². The highest BCUT2D eigenvalue weighted by molar-refractivity contribution is 7.16. The average Bonchev–Trinajstić information content (AvgIpc) is 3.08. The Labute approximate surface area is 166 Å². The predicted molar refractivity (Wildman–Crippen MR) is 103 cm³/mol. The van der Waals surface area contributed by atoms with Crippen LogP contribution in [0.5, 0.6) is 0 Å². The lowest BCUT2D eigenvalue weighted by Gasteiger charge is -2.15. The fourth-order valence-corrected chi connectivity index (χ4v) is 3.29. The molecule has 0 spiro atoms. The number of ketones is 2. The maximum Gasteiger partial charge on any atom is 0.404 e. The molecule has 10 nitrogen and oxygen atoms in total. The topological polar surface area (TPSA) is 141 Å². The number of nitrogens with zero attached hydrogens (tertiary/aromatic N) is 2. The minimum atomic E-state index is -1.09. The van der Waals surface area contributed by atoms with Crippen molar-refractivity contribution in [3.05, 3.63) is 27.4 Å². The number of carbonyl (C=O) groups excluding carboxylic acids is 3. The molecule has 2 amide bonds. The van der Waals surface area contributed by atoms with Crippen molar-refractivity contribution in [3.8, 4) is 0 Å². The lowest BCUT2D eigenvalue weighted by atomic mass is 10.0. The molecule has 0 aromatic carbocycles. The normalized spacial score (nSPS) is 13.2. The number of aromatic nitrogens is 1. The molecule has 1 aliphatic carbocycles. The van der Waals surface area contributed by atoms with Gasteiger partial charge in [0.1, 0.15) is 10.6 Å². The van der Waals surface area contributed by atoms with E-state index in [9.17, 15) is 19.2 Å². The summed E-state index contributed by atoms with van der Waals surface area (Å²) in [5, 5.41) is 16.4. The molecule has 0 unspecified atom stereocenters. The molecule has 1 aliphatic rings. The average molecular weight is 409 g/mol. The number of hydrogen-bond acceptors (Lipinski definition) is 8. The molecule has 4 N–H and O–H groups in total. The van der Waals surface area contributed by atoms with Crippen LogP contribution in [0.25, 0.3) is 0 Å². The predicted octanol–water partition coefficient (Wildman–Crippen LogP) is 0.335. The summed E-state index contributed by atoms with van der Waals surface area (Å²) in [5.41, 5.74) is 0.184. The summed E-state index contributed by atoms with van der Waals surface area (Å²) in [6.07, 6.45) is 1.31. The first-order chi connectivity index (χ1) is 13.3. The van der Waals surface area contributed by atoms with Crippen LogP contribution in [-0.4, -0.2) is 78.8 Å². The van der Waals surface area contributed by atoms with E-state index < -0.39 is 17.8 Å². The van der Waals surface area contributed by atoms with Gasteiger partial charge in [-0.05, 0) is 26.9 Å². The fraction of sp³-hybridized carbons (Fsp3) is 0.471. The number of nitrogens with one attached hydrogen (secondary N) is 3. The van der Waals surface area contributed by atoms with Crippen LogP contribution in [0.1, 0.15) is 42.8 Å². The summed E-state index contributed by atoms with van der Waals surface area (Å²) in [6, 6.07) is 0. The smallest absolute Gasteiger partial charge is 0.404 e. The number of unbranched alkanes of at least 4 members (excludes halogenated alkanes) is 1. The van der Waals surface area contributed by atoms with Crippen LogP contribution < -0.4 is 16.0 Å². The number of likely N-dealkylation sites (N-methyl/N-ethyl adjacent to an activating group) is 1. The van der Waals surface area contributed by atoms with Crippen LogP contribution >= 0.6 is 11.3 Å². The largest absolute Gasteiger partial charge is 0.465 e. The molecular weight excluding hydrogens is 386 g/mol. The zero-order chi connectivity index (χ0) is 20.7. The van der Waals surface area contributed by atoms with Crippen molar-refractivity contribution in [1.82, 2.24) is 25.8 Å². The van der Waals surface area contributed by atoms with Crippen molar-refractivity contribution in [2.75, 3.05) is 40.3 Å². The first-order valence-corrected chi connectivity index (χ1v) is 9.56. The number of carbonyl (C=O) groups is 4. The van der Waals surface area contributed by atoms with Crippen molar-refractivity contribution in [2.24, 2.45) is 0 Å². The summed E-state index contributed by atoms with van der Waals surface area (Å²) in [5.74, 6) is -1.21. The minimum Gasteiger partial charge on any atom is -0.465 e. The van der Waals surface area contributed by atoms with Crippen LogP contribution in [0.3, 0.4) is 0 Å². The van der Waals surface area contributed by atoms with E-state index in [0.29, 0.717) is 39.0 Å². The number of hydrogen-bond donors (Lipinski definition) is 4. The van der Waals surface area contributed by atoms with Gasteiger partial charge in [-0.15, -0.1) is 11.3 Å². The van der Waals surface area contributed by atoms with Crippen LogP contribution in [-0.2, 0) is 0 Å². The van der Waals surface area contributed by atoms with Crippen molar-refractivity contribution >= 4 is 34.9 Å². The number of fused-ring (bicyclic) bond motifs is 1. The monoisotopic (exact) mass is 409 g/mol. The van der Waals surface area contributed by atoms with E-state index in [1.165, 1.54) is 6.08 Å². The highest BCUT2D eigenvalue weighted by atomic mass is 32.1. The molecule has 2 rings (SSSR count). The Hall–Kier alpha value is -2.79. The Morgan fingerprint density at radius 3 is 2.46 bits per heavy atom. The van der Waals surface area contributed by atoms with Gasteiger partial charge in [-0.1, -0.05) is 0 Å². The lowest BCUT2D eigenvalue weighted by Crippen LogP contribution is -2.31. The molecule has 0 aliphatic heterocycles. The van der Waals surface area contributed by atoms with Gasteiger partial charge >= 0.3 is 6.09 Å². The zero-order valence-corrected chi connectivity index (χ0v) is 16.5. The second-order valence-corrected chi connectivity index (χ2v) is 7.37. The third-order valence-corrected chi connectivity index (χ3v) is 4.89. The number of carboxylic acid groups (broad SMARTS) is 1. The van der Waals surface area contributed by atoms with Gasteiger partial charge in [-0.2, -0.15) is 0 Å². The molecule has 0 fully saturated rings. The van der Waals surface area contributed by atoms with Gasteiger partial charge in [0, 0.05) is 32.3 Å². The van der Waals surface area contributed by atoms with Crippen molar-refractivity contribution in [2.45, 2.75) is 12.8 Å². The Morgan fingerprint density at radius 1 is 1.14 bits per heavy atom. The Balaban J connectivity index is 1.91. The summed E-state index contributed by atoms with van der Waals surface area (Å²) < 4.78 is 0. The fourth-order valence-electron chi connectivity index (χ4n) is 2.40. The van der Waals surface area contributed by atoms with Gasteiger partial charge in [0.15, 0.2) is 10.8 Å². The highest BCUT2D eigenvalue weighted by Crippen LogP contribution is 2.25. The number of allylic oxidation sites excluding steroid dienone is 2. The van der Waals surface area contributed by atoms with Gasteiger partial charge in [-0.25, -0.2) is 9.78 Å². The van der Waals surface area contributed by atoms with Gasteiger partial charge in [0.2, 0.25) is 5.78 Å². The van der Waals surface area contributed by atoms with Gasteiger partial charge < -0.3 is 26.0 Å². The number of amides is 2. The molecule has 0 saturated heterocycles. The molecule has 11 heteroatoms. The highest BCUT2D eigenvalue weighted by Gasteiger charge is 2.31. The molecule has 1 aromatic heterocycles. The van der Waals surface area contributed by atoms with E-state index in [1.807, 2.05) is 19.0 Å². The summed E-state index contributed by atoms with van der Waals surface area (Å²) in [6.45, 7) is 1.83. The molecule has 0 saturated carbocycles. The number of Topliss-reactive ketones (excluding diaryl/α,β-unsaturated/α-hetero) is 1. The van der Waals surface area contributed by atoms with E-state index >= 15 is 0 Å². The zero-order valence-electron chi connectivity index (χ0n) is 15.7. The molecule has 0 atom stereocenters. The van der Waals surface area contributed by atoms with E-state index in [0.717, 1.165) is 11.3 Å². The molecule has 1 heterocycles. The first kappa shape index (κ1) is 21.5. The van der Waals surface area contributed by atoms with Crippen LogP contribution in [0.2, 0.25) is 0 Å². The van der Waals surface area contributed by atoms with E-state index in [2.05, 4.69) is 20.9 Å². The molecule has 152 valence electrons. The quantitative estimate of drug-likeness (QED) is 0.405. The van der Waals surface area contributed by atoms with E-state index in [4.69, 9.17) is 5.11 Å². The minimum absolute atomic E-state index is 0.000612. The number of rotatable bonds is 10. The maximum absolute atomic E-state index is 12.5. The van der Waals surface area contributed by atoms with Gasteiger partial charge in [-0.3, -0.25) is 14.4 Å². The van der Waals surface area contributed by atoms with Crippen molar-refractivity contribution in [3.63, 3.8) is 0 Å². The standard InChI is InChI=1S/C17H23N5O5S/c1-22(2)8-7-18-10-9-11(23)14-12(13(10)24)21-16(28-14)15(25)19-5-3-4-6-20-17(26)27/h9,18,20H,3-8H2,1-2H3,(H,19,25)(H,26,27). The van der Waals surface area contributed by atoms with Crippen LogP contribution in [0.15, 0.2) is 11.8 Å². The second-order valence-electron chi connectivity index (χ2n) is 6.37. The Morgan fingerprint density at radius 2 is 1.82 bits per heavy atom. The van der Waals surface area contributed by atoms with Crippen LogP contribution in [0, 0.1) is 0 Å². The van der Waals surface area contributed by atoms with E-state index in [1.54, 1.807) is 0 Å². The molecule has 1 aromatic rings. The Kier molecular flexibility index (Phi) is 7.64. The molecule has 0 bridgehead atoms. The summed E-state index contributed by atoms with van der Waals surface area (Å²) in [7, 11) is 3.80. The van der Waals surface area contributed by atoms with E-state index in [-0.39, 0.29) is 27.1 Å². The van der Waals surface area contributed by atoms with Gasteiger partial charge in [0.05, 0.1) is 5.70 Å². The summed E-state index contributed by atoms with van der Waals surface area (Å²) >= 11 is 0.894. The molecular formula is C17H23N5O5S. The van der Waals surface area contributed by atoms with Crippen molar-refractivity contribution < 1.29 is 24.3 Å².